The fourth-order valence-corrected chi connectivity index (χ4v) is 3.17. The van der Waals surface area contributed by atoms with Crippen LogP contribution in [0.4, 0.5) is 0 Å². The van der Waals surface area contributed by atoms with Gasteiger partial charge in [-0.1, -0.05) is 66.9 Å². The SMILES string of the molecule is C=C(/C=C(Cl)\C(=C\Cl)SOOO)C(=O)OCCC1CCCCC1. The number of hydrogen-bond acceptors (Lipinski definition) is 6. The molecule has 0 unspecified atom stereocenters. The largest absolute Gasteiger partial charge is 0.462 e. The molecule has 1 aliphatic rings. The lowest BCUT2D eigenvalue weighted by Crippen LogP contribution is -2.13. The minimum atomic E-state index is -0.530. The Morgan fingerprint density at radius 2 is 2.04 bits per heavy atom. The molecule has 0 aromatic heterocycles. The van der Waals surface area contributed by atoms with E-state index in [1.807, 2.05) is 0 Å². The van der Waals surface area contributed by atoms with E-state index in [0.717, 1.165) is 12.0 Å². The van der Waals surface area contributed by atoms with Crippen molar-refractivity contribution in [1.29, 1.82) is 0 Å². The Hall–Kier alpha value is -0.500. The Bertz CT molecular complexity index is 459. The van der Waals surface area contributed by atoms with Crippen LogP contribution in [0.25, 0.3) is 0 Å². The molecule has 8 heteroatoms. The Morgan fingerprint density at radius 3 is 2.65 bits per heavy atom. The Kier molecular flexibility index (Phi) is 10.7. The molecule has 0 bridgehead atoms. The van der Waals surface area contributed by atoms with E-state index in [2.05, 4.69) is 16.0 Å². The monoisotopic (exact) mass is 382 g/mol. The molecule has 0 aliphatic heterocycles. The molecule has 1 aliphatic carbocycles. The second kappa shape index (κ2) is 11.9. The molecule has 23 heavy (non-hydrogen) atoms. The van der Waals surface area contributed by atoms with Crippen molar-refractivity contribution in [3.63, 3.8) is 0 Å². The van der Waals surface area contributed by atoms with Crippen LogP contribution >= 0.6 is 35.2 Å². The standard InChI is InChI=1S/C15H20Cl2O5S/c1-11(9-13(17)14(10-16)23-22-21-19)15(18)20-8-7-12-5-3-2-4-6-12/h9-10,12,19H,1-8H2/b13-9+,14-10-. The summed E-state index contributed by atoms with van der Waals surface area (Å²) in [6.07, 6.45) is 8.42. The van der Waals surface area contributed by atoms with E-state index in [1.165, 1.54) is 38.2 Å². The van der Waals surface area contributed by atoms with Crippen molar-refractivity contribution in [2.75, 3.05) is 6.61 Å². The highest BCUT2D eigenvalue weighted by Gasteiger charge is 2.15. The number of hydrogen-bond donors (Lipinski definition) is 1. The molecule has 0 amide bonds. The van der Waals surface area contributed by atoms with Crippen molar-refractivity contribution in [2.45, 2.75) is 38.5 Å². The topological polar surface area (TPSA) is 65.0 Å². The van der Waals surface area contributed by atoms with Gasteiger partial charge in [-0.3, -0.25) is 0 Å². The number of carbonyl (C=O) groups excluding carboxylic acids is 1. The van der Waals surface area contributed by atoms with Gasteiger partial charge in [-0.2, -0.15) is 0 Å². The quantitative estimate of drug-likeness (QED) is 0.145. The summed E-state index contributed by atoms with van der Waals surface area (Å²) in [7, 11) is 0. The maximum absolute atomic E-state index is 11.9. The minimum Gasteiger partial charge on any atom is -0.462 e. The van der Waals surface area contributed by atoms with Crippen LogP contribution in [0.5, 0.6) is 0 Å². The predicted molar refractivity (Wildman–Crippen MR) is 91.6 cm³/mol. The molecule has 0 aromatic rings. The number of rotatable bonds is 9. The highest BCUT2D eigenvalue weighted by Crippen LogP contribution is 2.30. The van der Waals surface area contributed by atoms with Gasteiger partial charge in [0, 0.05) is 5.54 Å². The summed E-state index contributed by atoms with van der Waals surface area (Å²) >= 11 is 12.1. The summed E-state index contributed by atoms with van der Waals surface area (Å²) in [6, 6.07) is 0. The molecule has 1 rings (SSSR count). The molecule has 1 N–H and O–H groups in total. The Morgan fingerprint density at radius 1 is 1.35 bits per heavy atom. The normalized spacial score (nSPS) is 17.2. The van der Waals surface area contributed by atoms with Crippen molar-refractivity contribution in [3.05, 3.63) is 33.7 Å². The first-order valence-corrected chi connectivity index (χ1v) is 8.82. The zero-order valence-corrected chi connectivity index (χ0v) is 15.0. The van der Waals surface area contributed by atoms with Gasteiger partial charge in [0.05, 0.1) is 34.2 Å². The molecular weight excluding hydrogens is 363 g/mol. The van der Waals surface area contributed by atoms with E-state index >= 15 is 0 Å². The smallest absolute Gasteiger partial charge is 0.337 e. The van der Waals surface area contributed by atoms with Gasteiger partial charge in [0.1, 0.15) is 0 Å². The van der Waals surface area contributed by atoms with Crippen molar-refractivity contribution >= 4 is 41.2 Å². The van der Waals surface area contributed by atoms with Crippen LogP contribution in [0.2, 0.25) is 0 Å². The average molecular weight is 383 g/mol. The zero-order valence-electron chi connectivity index (χ0n) is 12.6. The maximum atomic E-state index is 11.9. The highest BCUT2D eigenvalue weighted by atomic mass is 35.5. The molecule has 0 radical (unpaired) electrons. The summed E-state index contributed by atoms with van der Waals surface area (Å²) < 4.78 is 9.44. The van der Waals surface area contributed by atoms with Crippen LogP contribution in [-0.4, -0.2) is 17.8 Å². The van der Waals surface area contributed by atoms with Crippen molar-refractivity contribution < 1.29 is 24.2 Å². The summed E-state index contributed by atoms with van der Waals surface area (Å²) in [5.41, 5.74) is 1.21. The van der Waals surface area contributed by atoms with Gasteiger partial charge in [-0.05, 0) is 18.4 Å². The van der Waals surface area contributed by atoms with E-state index in [0.29, 0.717) is 24.6 Å². The zero-order chi connectivity index (χ0) is 17.1. The Labute approximate surface area is 150 Å². The number of allylic oxidation sites excluding steroid dienone is 1. The second-order valence-electron chi connectivity index (χ2n) is 5.15. The lowest BCUT2D eigenvalue weighted by atomic mass is 9.87. The first kappa shape index (κ1) is 20.5. The lowest BCUT2D eigenvalue weighted by Gasteiger charge is -2.21. The molecule has 1 saturated carbocycles. The third-order valence-electron chi connectivity index (χ3n) is 3.54. The van der Waals surface area contributed by atoms with Crippen LogP contribution in [0.1, 0.15) is 38.5 Å². The van der Waals surface area contributed by atoms with Crippen LogP contribution < -0.4 is 0 Å². The van der Waals surface area contributed by atoms with Gasteiger partial charge in [-0.15, -0.1) is 4.33 Å². The molecule has 130 valence electrons. The lowest BCUT2D eigenvalue weighted by molar-refractivity contribution is -0.431. The molecule has 0 heterocycles. The third-order valence-corrected chi connectivity index (χ3v) is 4.95. The van der Waals surface area contributed by atoms with E-state index in [9.17, 15) is 4.79 Å². The van der Waals surface area contributed by atoms with E-state index < -0.39 is 5.97 Å². The molecule has 0 spiro atoms. The van der Waals surface area contributed by atoms with Crippen LogP contribution in [-0.2, 0) is 18.9 Å². The first-order chi connectivity index (χ1) is 11.1. The van der Waals surface area contributed by atoms with E-state index in [-0.39, 0.29) is 15.5 Å². The van der Waals surface area contributed by atoms with Gasteiger partial charge in [-0.25, -0.2) is 10.1 Å². The summed E-state index contributed by atoms with van der Waals surface area (Å²) in [5.74, 6) is 0.110. The molecular formula is C15H20Cl2O5S. The van der Waals surface area contributed by atoms with Crippen LogP contribution in [0, 0.1) is 5.92 Å². The third kappa shape index (κ3) is 8.24. The number of ether oxygens (including phenoxy) is 1. The molecule has 1 fully saturated rings. The van der Waals surface area contributed by atoms with Gasteiger partial charge in [0.2, 0.25) is 0 Å². The second-order valence-corrected chi connectivity index (χ2v) is 6.51. The predicted octanol–water partition coefficient (Wildman–Crippen LogP) is 5.33. The maximum Gasteiger partial charge on any atom is 0.337 e. The summed E-state index contributed by atoms with van der Waals surface area (Å²) in [6.45, 7) is 4.00. The Balaban J connectivity index is 2.39. The summed E-state index contributed by atoms with van der Waals surface area (Å²) in [5, 5.41) is 11.7. The van der Waals surface area contributed by atoms with Crippen LogP contribution in [0.3, 0.4) is 0 Å². The van der Waals surface area contributed by atoms with Crippen molar-refractivity contribution in [2.24, 2.45) is 5.92 Å². The molecule has 0 aromatic carbocycles. The number of esters is 1. The fraction of sp³-hybridized carbons (Fsp3) is 0.533. The number of halogens is 2. The molecule has 5 nitrogen and oxygen atoms in total. The summed E-state index contributed by atoms with van der Waals surface area (Å²) in [4.78, 5) is 12.1. The molecule has 0 atom stereocenters. The van der Waals surface area contributed by atoms with Gasteiger partial charge < -0.3 is 4.74 Å². The first-order valence-electron chi connectivity index (χ1n) is 7.27. The number of carbonyl (C=O) groups is 1. The van der Waals surface area contributed by atoms with Gasteiger partial charge in [0.15, 0.2) is 0 Å². The van der Waals surface area contributed by atoms with Gasteiger partial charge in [0.25, 0.3) is 0 Å². The van der Waals surface area contributed by atoms with E-state index in [1.54, 1.807) is 0 Å². The fourth-order valence-electron chi connectivity index (χ4n) is 2.33. The average Bonchev–Trinajstić information content (AvgIpc) is 2.56. The van der Waals surface area contributed by atoms with Gasteiger partial charge >= 0.3 is 5.97 Å². The van der Waals surface area contributed by atoms with Crippen molar-refractivity contribution in [3.8, 4) is 0 Å². The van der Waals surface area contributed by atoms with Crippen LogP contribution in [0.15, 0.2) is 33.7 Å². The minimum absolute atomic E-state index is 0.0974. The van der Waals surface area contributed by atoms with E-state index in [4.69, 9.17) is 33.2 Å². The molecule has 0 saturated heterocycles. The van der Waals surface area contributed by atoms with Crippen molar-refractivity contribution in [1.82, 2.24) is 0 Å². The highest BCUT2D eigenvalue weighted by molar-refractivity contribution is 7.98.